The Labute approximate surface area is 167 Å². The fraction of sp³-hybridized carbons (Fsp3) is 0.0800. The van der Waals surface area contributed by atoms with Crippen LogP contribution in [0.1, 0.15) is 29.0 Å². The molecule has 4 aromatic rings. The van der Waals surface area contributed by atoms with Crippen LogP contribution in [0.15, 0.2) is 91.0 Å². The first-order valence-electron chi connectivity index (χ1n) is 9.63. The second kappa shape index (κ2) is 6.11. The number of hydrogen-bond acceptors (Lipinski definition) is 3. The summed E-state index contributed by atoms with van der Waals surface area (Å²) in [7, 11) is 0. The third kappa shape index (κ3) is 2.36. The summed E-state index contributed by atoms with van der Waals surface area (Å²) in [6, 6.07) is 29.5. The molecule has 0 radical (unpaired) electrons. The molecule has 0 bridgehead atoms. The van der Waals surface area contributed by atoms with Crippen molar-refractivity contribution in [3.63, 3.8) is 0 Å². The quantitative estimate of drug-likeness (QED) is 0.417. The second-order valence-corrected chi connectivity index (χ2v) is 7.30. The average Bonchev–Trinajstić information content (AvgIpc) is 2.78. The number of hydrogen-bond donors (Lipinski definition) is 0. The molecule has 2 aliphatic rings. The SMILES string of the molecule is O=C1Oc2ccc3ccccc3c2[C@@H]2c3ccccc3O[C@@H](c3ccccc3)N12. The number of fused-ring (bicyclic) bond motifs is 7. The summed E-state index contributed by atoms with van der Waals surface area (Å²) in [5.74, 6) is 1.40. The van der Waals surface area contributed by atoms with E-state index in [1.54, 1.807) is 4.90 Å². The number of amides is 1. The molecule has 4 heteroatoms. The van der Waals surface area contributed by atoms with E-state index in [1.165, 1.54) is 0 Å². The third-order valence-electron chi connectivity index (χ3n) is 5.68. The highest BCUT2D eigenvalue weighted by atomic mass is 16.6. The summed E-state index contributed by atoms with van der Waals surface area (Å²) in [4.78, 5) is 14.9. The van der Waals surface area contributed by atoms with Crippen molar-refractivity contribution >= 4 is 16.9 Å². The van der Waals surface area contributed by atoms with Crippen molar-refractivity contribution in [2.75, 3.05) is 0 Å². The summed E-state index contributed by atoms with van der Waals surface area (Å²) < 4.78 is 12.1. The zero-order chi connectivity index (χ0) is 19.4. The molecule has 0 unspecified atom stereocenters. The van der Waals surface area contributed by atoms with Crippen LogP contribution in [0.2, 0.25) is 0 Å². The summed E-state index contributed by atoms with van der Waals surface area (Å²) in [6.07, 6.45) is -0.961. The van der Waals surface area contributed by atoms with E-state index in [0.717, 1.165) is 33.2 Å². The number of para-hydroxylation sites is 1. The van der Waals surface area contributed by atoms with Gasteiger partial charge in [0.15, 0.2) is 0 Å². The van der Waals surface area contributed by atoms with E-state index in [4.69, 9.17) is 9.47 Å². The molecule has 29 heavy (non-hydrogen) atoms. The lowest BCUT2D eigenvalue weighted by Crippen LogP contribution is -2.48. The summed E-state index contributed by atoms with van der Waals surface area (Å²) in [5, 5.41) is 2.19. The van der Waals surface area contributed by atoms with Gasteiger partial charge >= 0.3 is 6.09 Å². The van der Waals surface area contributed by atoms with Crippen LogP contribution in [0, 0.1) is 0 Å². The van der Waals surface area contributed by atoms with E-state index in [-0.39, 0.29) is 6.04 Å². The molecule has 140 valence electrons. The maximum Gasteiger partial charge on any atom is 0.419 e. The van der Waals surface area contributed by atoms with E-state index in [1.807, 2.05) is 78.9 Å². The van der Waals surface area contributed by atoms with Crippen molar-refractivity contribution in [3.8, 4) is 11.5 Å². The standard InChI is InChI=1S/C25H17NO3/c27-25-26-23(22-18-11-5-4-8-16(18)14-15-21(22)29-25)19-12-6-7-13-20(19)28-24(26)17-9-2-1-3-10-17/h1-15,23-24H/t23-,24-/m0/s1. The summed E-state index contributed by atoms with van der Waals surface area (Å²) in [6.45, 7) is 0. The van der Waals surface area contributed by atoms with Gasteiger partial charge in [0, 0.05) is 16.7 Å². The van der Waals surface area contributed by atoms with Gasteiger partial charge in [0.05, 0.1) is 6.04 Å². The van der Waals surface area contributed by atoms with E-state index in [0.29, 0.717) is 5.75 Å². The van der Waals surface area contributed by atoms with Gasteiger partial charge in [-0.25, -0.2) is 4.79 Å². The monoisotopic (exact) mass is 379 g/mol. The van der Waals surface area contributed by atoms with Gasteiger partial charge in [-0.2, -0.15) is 0 Å². The Balaban J connectivity index is 1.66. The predicted octanol–water partition coefficient (Wildman–Crippen LogP) is 5.83. The smallest absolute Gasteiger partial charge is 0.419 e. The van der Waals surface area contributed by atoms with Gasteiger partial charge in [0.1, 0.15) is 11.5 Å². The molecule has 0 aromatic heterocycles. The minimum absolute atomic E-state index is 0.285. The van der Waals surface area contributed by atoms with Gasteiger partial charge in [-0.1, -0.05) is 78.9 Å². The lowest BCUT2D eigenvalue weighted by molar-refractivity contribution is -0.0113. The van der Waals surface area contributed by atoms with Gasteiger partial charge in [0.25, 0.3) is 0 Å². The first-order chi connectivity index (χ1) is 14.3. The molecule has 0 saturated carbocycles. The van der Waals surface area contributed by atoms with Gasteiger partial charge in [0.2, 0.25) is 6.23 Å². The number of benzene rings is 4. The van der Waals surface area contributed by atoms with Crippen LogP contribution in [-0.4, -0.2) is 11.0 Å². The number of carbonyl (C=O) groups excluding carboxylic acids is 1. The molecule has 0 N–H and O–H groups in total. The molecule has 2 aliphatic heterocycles. The van der Waals surface area contributed by atoms with Gasteiger partial charge in [-0.05, 0) is 22.9 Å². The number of ether oxygens (including phenoxy) is 2. The average molecular weight is 379 g/mol. The van der Waals surface area contributed by atoms with Gasteiger partial charge < -0.3 is 9.47 Å². The molecule has 6 rings (SSSR count). The maximum atomic E-state index is 13.1. The Bertz CT molecular complexity index is 1250. The first kappa shape index (κ1) is 16.2. The molecular formula is C25H17NO3. The van der Waals surface area contributed by atoms with Crippen molar-refractivity contribution in [1.29, 1.82) is 0 Å². The highest BCUT2D eigenvalue weighted by Gasteiger charge is 2.46. The largest absolute Gasteiger partial charge is 0.466 e. The van der Waals surface area contributed by atoms with E-state index >= 15 is 0 Å². The van der Waals surface area contributed by atoms with E-state index in [2.05, 4.69) is 12.1 Å². The van der Waals surface area contributed by atoms with E-state index in [9.17, 15) is 4.79 Å². The third-order valence-corrected chi connectivity index (χ3v) is 5.68. The van der Waals surface area contributed by atoms with E-state index < -0.39 is 12.3 Å². The lowest BCUT2D eigenvalue weighted by Gasteiger charge is -2.45. The van der Waals surface area contributed by atoms with Crippen LogP contribution in [-0.2, 0) is 0 Å². The Morgan fingerprint density at radius 3 is 2.38 bits per heavy atom. The molecule has 1 amide bonds. The molecule has 2 atom stereocenters. The van der Waals surface area contributed by atoms with Crippen LogP contribution in [0.3, 0.4) is 0 Å². The van der Waals surface area contributed by atoms with Crippen LogP contribution in [0.5, 0.6) is 11.5 Å². The summed E-state index contributed by atoms with van der Waals surface area (Å²) >= 11 is 0. The van der Waals surface area contributed by atoms with Gasteiger partial charge in [-0.3, -0.25) is 4.90 Å². The van der Waals surface area contributed by atoms with Crippen LogP contribution in [0.4, 0.5) is 4.79 Å². The Hall–Kier alpha value is -3.79. The molecule has 4 aromatic carbocycles. The zero-order valence-electron chi connectivity index (χ0n) is 15.5. The molecule has 0 spiro atoms. The summed E-state index contributed by atoms with van der Waals surface area (Å²) in [5.41, 5.74) is 2.88. The fourth-order valence-electron chi connectivity index (χ4n) is 4.41. The highest BCUT2D eigenvalue weighted by Crippen LogP contribution is 2.51. The highest BCUT2D eigenvalue weighted by molar-refractivity contribution is 5.92. The second-order valence-electron chi connectivity index (χ2n) is 7.30. The van der Waals surface area contributed by atoms with Gasteiger partial charge in [-0.15, -0.1) is 0 Å². The van der Waals surface area contributed by atoms with Crippen molar-refractivity contribution in [1.82, 2.24) is 4.90 Å². The molecule has 0 fully saturated rings. The number of carbonyl (C=O) groups is 1. The van der Waals surface area contributed by atoms with Crippen LogP contribution >= 0.6 is 0 Å². The normalized spacial score (nSPS) is 19.6. The lowest BCUT2D eigenvalue weighted by atomic mass is 9.88. The van der Waals surface area contributed by atoms with Crippen LogP contribution < -0.4 is 9.47 Å². The number of rotatable bonds is 1. The topological polar surface area (TPSA) is 38.8 Å². The first-order valence-corrected chi connectivity index (χ1v) is 9.63. The Kier molecular flexibility index (Phi) is 3.41. The Morgan fingerprint density at radius 1 is 0.724 bits per heavy atom. The fourth-order valence-corrected chi connectivity index (χ4v) is 4.41. The van der Waals surface area contributed by atoms with Crippen molar-refractivity contribution in [2.24, 2.45) is 0 Å². The molecular weight excluding hydrogens is 362 g/mol. The maximum absolute atomic E-state index is 13.1. The van der Waals surface area contributed by atoms with Crippen LogP contribution in [0.25, 0.3) is 10.8 Å². The predicted molar refractivity (Wildman–Crippen MR) is 110 cm³/mol. The van der Waals surface area contributed by atoms with Crippen molar-refractivity contribution in [3.05, 3.63) is 108 Å². The van der Waals surface area contributed by atoms with Crippen molar-refractivity contribution in [2.45, 2.75) is 12.3 Å². The minimum Gasteiger partial charge on any atom is -0.466 e. The Morgan fingerprint density at radius 2 is 1.48 bits per heavy atom. The number of nitrogens with zero attached hydrogens (tertiary/aromatic N) is 1. The molecule has 0 saturated heterocycles. The minimum atomic E-state index is -0.560. The molecule has 2 heterocycles. The molecule has 0 aliphatic carbocycles. The molecule has 4 nitrogen and oxygen atoms in total. The zero-order valence-corrected chi connectivity index (χ0v) is 15.5. The van der Waals surface area contributed by atoms with Crippen molar-refractivity contribution < 1.29 is 14.3 Å².